The molecule has 0 aliphatic carbocycles. The molecular weight excluding hydrogens is 308 g/mol. The molecule has 1 fully saturated rings. The number of hydrogen-bond acceptors (Lipinski definition) is 4. The normalized spacial score (nSPS) is 21.8. The number of benzene rings is 1. The summed E-state index contributed by atoms with van der Waals surface area (Å²) in [6, 6.07) is 7.42. The Balaban J connectivity index is 2.02. The van der Waals surface area contributed by atoms with Crippen LogP contribution < -0.4 is 0 Å². The van der Waals surface area contributed by atoms with Crippen LogP contribution >= 0.6 is 0 Å². The predicted molar refractivity (Wildman–Crippen MR) is 91.1 cm³/mol. The Morgan fingerprint density at radius 1 is 1.29 bits per heavy atom. The van der Waals surface area contributed by atoms with E-state index in [1.807, 2.05) is 20.2 Å². The fourth-order valence-corrected chi connectivity index (χ4v) is 3.57. The van der Waals surface area contributed by atoms with E-state index in [-0.39, 0.29) is 6.42 Å². The molecule has 0 spiro atoms. The van der Waals surface area contributed by atoms with E-state index in [1.54, 1.807) is 18.2 Å². The van der Waals surface area contributed by atoms with Gasteiger partial charge in [-0.05, 0) is 57.1 Å². The van der Waals surface area contributed by atoms with Gasteiger partial charge in [0.05, 0.1) is 5.56 Å². The summed E-state index contributed by atoms with van der Waals surface area (Å²) >= 11 is 0. The Bertz CT molecular complexity index is 588. The number of carboxylic acids is 2. The van der Waals surface area contributed by atoms with Gasteiger partial charge in [0.1, 0.15) is 0 Å². The molecule has 1 saturated heterocycles. The Labute approximate surface area is 142 Å². The average molecular weight is 334 g/mol. The highest BCUT2D eigenvalue weighted by Crippen LogP contribution is 2.26. The van der Waals surface area contributed by atoms with Gasteiger partial charge in [-0.15, -0.1) is 0 Å². The smallest absolute Gasteiger partial charge is 0.335 e. The molecule has 2 rings (SSSR count). The lowest BCUT2D eigenvalue weighted by molar-refractivity contribution is -0.137. The van der Waals surface area contributed by atoms with E-state index in [0.717, 1.165) is 25.1 Å². The molecule has 0 unspecified atom stereocenters. The highest BCUT2D eigenvalue weighted by atomic mass is 16.4. The van der Waals surface area contributed by atoms with E-state index >= 15 is 0 Å². The van der Waals surface area contributed by atoms with Crippen LogP contribution in [-0.2, 0) is 11.3 Å². The third-order valence-electron chi connectivity index (χ3n) is 4.75. The Hall–Kier alpha value is -1.92. The summed E-state index contributed by atoms with van der Waals surface area (Å²) in [6.45, 7) is 2.47. The van der Waals surface area contributed by atoms with Crippen LogP contribution in [-0.4, -0.2) is 65.2 Å². The van der Waals surface area contributed by atoms with Gasteiger partial charge < -0.3 is 15.1 Å². The van der Waals surface area contributed by atoms with Crippen LogP contribution in [0.5, 0.6) is 0 Å². The largest absolute Gasteiger partial charge is 0.481 e. The fourth-order valence-electron chi connectivity index (χ4n) is 3.57. The van der Waals surface area contributed by atoms with Crippen LogP contribution in [0, 0.1) is 5.92 Å². The van der Waals surface area contributed by atoms with Crippen molar-refractivity contribution >= 4 is 11.9 Å². The Morgan fingerprint density at radius 2 is 2.04 bits per heavy atom. The average Bonchev–Trinajstić information content (AvgIpc) is 2.53. The topological polar surface area (TPSA) is 81.1 Å². The van der Waals surface area contributed by atoms with Crippen LogP contribution in [0.1, 0.15) is 35.2 Å². The van der Waals surface area contributed by atoms with Crippen molar-refractivity contribution in [1.29, 1.82) is 0 Å². The standard InChI is InChI=1S/C18H26N2O4/c1-19(2)16-8-9-20(12-15(16)6-7-17(21)22)11-13-4-3-5-14(10-13)18(23)24/h3-5,10,15-16H,6-9,11-12H2,1-2H3,(H,21,22)(H,23,24)/t15-,16+/m1/s1. The van der Waals surface area contributed by atoms with Crippen molar-refractivity contribution in [2.75, 3.05) is 27.2 Å². The summed E-state index contributed by atoms with van der Waals surface area (Å²) in [5.41, 5.74) is 1.29. The second kappa shape index (κ2) is 8.26. The molecule has 0 amide bonds. The molecule has 6 nitrogen and oxygen atoms in total. The van der Waals surface area contributed by atoms with Crippen molar-refractivity contribution < 1.29 is 19.8 Å². The number of aliphatic carboxylic acids is 1. The number of rotatable bonds is 7. The molecule has 6 heteroatoms. The second-order valence-electron chi connectivity index (χ2n) is 6.75. The van der Waals surface area contributed by atoms with Crippen molar-refractivity contribution in [2.45, 2.75) is 31.8 Å². The zero-order valence-corrected chi connectivity index (χ0v) is 14.3. The van der Waals surface area contributed by atoms with Crippen LogP contribution in [0.3, 0.4) is 0 Å². The van der Waals surface area contributed by atoms with Crippen molar-refractivity contribution in [3.8, 4) is 0 Å². The van der Waals surface area contributed by atoms with Crippen LogP contribution in [0.2, 0.25) is 0 Å². The minimum Gasteiger partial charge on any atom is -0.481 e. The molecule has 0 saturated carbocycles. The lowest BCUT2D eigenvalue weighted by atomic mass is 9.87. The number of nitrogens with zero attached hydrogens (tertiary/aromatic N) is 2. The Morgan fingerprint density at radius 3 is 2.67 bits per heavy atom. The fraction of sp³-hybridized carbons (Fsp3) is 0.556. The van der Waals surface area contributed by atoms with Gasteiger partial charge in [-0.25, -0.2) is 4.79 Å². The first-order chi connectivity index (χ1) is 11.4. The van der Waals surface area contributed by atoms with Crippen molar-refractivity contribution in [3.05, 3.63) is 35.4 Å². The summed E-state index contributed by atoms with van der Waals surface area (Å²) in [5, 5.41) is 18.1. The van der Waals surface area contributed by atoms with Gasteiger partial charge in [0.25, 0.3) is 0 Å². The minimum atomic E-state index is -0.914. The maximum atomic E-state index is 11.1. The van der Waals surface area contributed by atoms with Crippen molar-refractivity contribution in [2.24, 2.45) is 5.92 Å². The van der Waals surface area contributed by atoms with Gasteiger partial charge in [0.15, 0.2) is 0 Å². The molecule has 24 heavy (non-hydrogen) atoms. The number of carboxylic acid groups (broad SMARTS) is 2. The molecule has 0 aromatic heterocycles. The first-order valence-electron chi connectivity index (χ1n) is 8.29. The lowest BCUT2D eigenvalue weighted by Crippen LogP contribution is -2.48. The maximum Gasteiger partial charge on any atom is 0.335 e. The van der Waals surface area contributed by atoms with Crippen molar-refractivity contribution in [1.82, 2.24) is 9.80 Å². The molecular formula is C18H26N2O4. The number of hydrogen-bond donors (Lipinski definition) is 2. The third kappa shape index (κ3) is 5.04. The van der Waals surface area contributed by atoms with E-state index in [1.165, 1.54) is 0 Å². The molecule has 1 aliphatic heterocycles. The van der Waals surface area contributed by atoms with Gasteiger partial charge >= 0.3 is 11.9 Å². The van der Waals surface area contributed by atoms with Crippen LogP contribution in [0.25, 0.3) is 0 Å². The first-order valence-corrected chi connectivity index (χ1v) is 8.29. The van der Waals surface area contributed by atoms with Gasteiger partial charge in [0.2, 0.25) is 0 Å². The minimum absolute atomic E-state index is 0.192. The number of piperidine rings is 1. The lowest BCUT2D eigenvalue weighted by Gasteiger charge is -2.41. The van der Waals surface area contributed by atoms with E-state index in [9.17, 15) is 9.59 Å². The summed E-state index contributed by atoms with van der Waals surface area (Å²) in [6.07, 6.45) is 1.86. The summed E-state index contributed by atoms with van der Waals surface area (Å²) in [5.74, 6) is -1.35. The van der Waals surface area contributed by atoms with E-state index in [4.69, 9.17) is 10.2 Å². The number of carbonyl (C=O) groups is 2. The van der Waals surface area contributed by atoms with Crippen LogP contribution in [0.15, 0.2) is 24.3 Å². The summed E-state index contributed by atoms with van der Waals surface area (Å²) in [4.78, 5) is 26.5. The summed E-state index contributed by atoms with van der Waals surface area (Å²) < 4.78 is 0. The molecule has 132 valence electrons. The zero-order valence-electron chi connectivity index (χ0n) is 14.3. The molecule has 2 atom stereocenters. The van der Waals surface area contributed by atoms with Crippen molar-refractivity contribution in [3.63, 3.8) is 0 Å². The molecule has 1 heterocycles. The SMILES string of the molecule is CN(C)[C@H]1CCN(Cc2cccc(C(=O)O)c2)C[C@H]1CCC(=O)O. The number of likely N-dealkylation sites (tertiary alicyclic amines) is 1. The van der Waals surface area contributed by atoms with Gasteiger partial charge in [-0.1, -0.05) is 12.1 Å². The highest BCUT2D eigenvalue weighted by molar-refractivity contribution is 5.87. The molecule has 2 N–H and O–H groups in total. The highest BCUT2D eigenvalue weighted by Gasteiger charge is 2.30. The Kier molecular flexibility index (Phi) is 6.34. The van der Waals surface area contributed by atoms with Gasteiger partial charge in [0, 0.05) is 25.6 Å². The monoisotopic (exact) mass is 334 g/mol. The maximum absolute atomic E-state index is 11.1. The van der Waals surface area contributed by atoms with E-state index < -0.39 is 11.9 Å². The molecule has 1 aliphatic rings. The van der Waals surface area contributed by atoms with Gasteiger partial charge in [-0.3, -0.25) is 9.69 Å². The molecule has 0 radical (unpaired) electrons. The zero-order chi connectivity index (χ0) is 17.7. The molecule has 1 aromatic carbocycles. The van der Waals surface area contributed by atoms with E-state index in [0.29, 0.717) is 30.5 Å². The third-order valence-corrected chi connectivity index (χ3v) is 4.75. The van der Waals surface area contributed by atoms with Crippen LogP contribution in [0.4, 0.5) is 0 Å². The molecule has 1 aromatic rings. The quantitative estimate of drug-likeness (QED) is 0.794. The van der Waals surface area contributed by atoms with Gasteiger partial charge in [-0.2, -0.15) is 0 Å². The number of aromatic carboxylic acids is 1. The molecule has 0 bridgehead atoms. The first kappa shape index (κ1) is 18.4. The predicted octanol–water partition coefficient (Wildman–Crippen LogP) is 2.00. The summed E-state index contributed by atoms with van der Waals surface area (Å²) in [7, 11) is 4.09. The second-order valence-corrected chi connectivity index (χ2v) is 6.75. The van der Waals surface area contributed by atoms with E-state index in [2.05, 4.69) is 9.80 Å².